The maximum atomic E-state index is 15.0. The van der Waals surface area contributed by atoms with Gasteiger partial charge in [0.15, 0.2) is 0 Å². The fraction of sp³-hybridized carbons (Fsp3) is 0.400. The third kappa shape index (κ3) is 5.55. The Bertz CT molecular complexity index is 951. The van der Waals surface area contributed by atoms with Gasteiger partial charge in [-0.15, -0.1) is 0 Å². The molecule has 3 atom stereocenters. The molecule has 1 aliphatic carbocycles. The Kier molecular flexibility index (Phi) is 6.49. The third-order valence-corrected chi connectivity index (χ3v) is 6.51. The Hall–Kier alpha value is -2.04. The lowest BCUT2D eigenvalue weighted by molar-refractivity contribution is -0.128. The van der Waals surface area contributed by atoms with Crippen molar-refractivity contribution in [2.45, 2.75) is 48.3 Å². The molecule has 1 saturated carbocycles. The van der Waals surface area contributed by atoms with Crippen LogP contribution in [0.5, 0.6) is 0 Å². The standard InChI is InChI=1S/C20H21F5N2O2S/c21-18-12-16(26-13-20(23,24)25)10-11-19(18,22)27-30(28,29)17-8-6-15(7-9-17)14-4-2-1-3-5-14/h1-9,16,18,26-27H,10-13H2. The Morgan fingerprint density at radius 2 is 1.60 bits per heavy atom. The monoisotopic (exact) mass is 448 g/mol. The highest BCUT2D eigenvalue weighted by Gasteiger charge is 2.48. The molecule has 0 aliphatic heterocycles. The number of hydrogen-bond donors (Lipinski definition) is 2. The van der Waals surface area contributed by atoms with E-state index in [-0.39, 0.29) is 11.3 Å². The fourth-order valence-corrected chi connectivity index (χ4v) is 4.68. The van der Waals surface area contributed by atoms with E-state index in [1.807, 2.05) is 30.3 Å². The summed E-state index contributed by atoms with van der Waals surface area (Å²) in [6.45, 7) is -1.32. The van der Waals surface area contributed by atoms with Gasteiger partial charge in [-0.1, -0.05) is 42.5 Å². The minimum Gasteiger partial charge on any atom is -0.306 e. The average Bonchev–Trinajstić information content (AvgIpc) is 2.69. The summed E-state index contributed by atoms with van der Waals surface area (Å²) < 4.78 is 93.2. The van der Waals surface area contributed by atoms with Crippen LogP contribution in [0.2, 0.25) is 0 Å². The van der Waals surface area contributed by atoms with Gasteiger partial charge in [0.1, 0.15) is 6.17 Å². The third-order valence-electron chi connectivity index (χ3n) is 5.01. The predicted molar refractivity (Wildman–Crippen MR) is 103 cm³/mol. The second-order valence-corrected chi connectivity index (χ2v) is 8.98. The molecule has 0 aromatic heterocycles. The number of benzene rings is 2. The van der Waals surface area contributed by atoms with E-state index in [2.05, 4.69) is 5.32 Å². The zero-order chi connectivity index (χ0) is 22.0. The molecule has 2 aromatic rings. The van der Waals surface area contributed by atoms with Crippen LogP contribution in [0, 0.1) is 0 Å². The molecule has 10 heteroatoms. The van der Waals surface area contributed by atoms with Gasteiger partial charge in [0.05, 0.1) is 11.4 Å². The van der Waals surface area contributed by atoms with Crippen molar-refractivity contribution in [3.8, 4) is 11.1 Å². The van der Waals surface area contributed by atoms with Crippen LogP contribution in [0.1, 0.15) is 19.3 Å². The second-order valence-electron chi connectivity index (χ2n) is 7.29. The van der Waals surface area contributed by atoms with Gasteiger partial charge in [-0.3, -0.25) is 0 Å². The minimum absolute atomic E-state index is 0.136. The maximum absolute atomic E-state index is 15.0. The molecule has 4 nitrogen and oxygen atoms in total. The molecule has 164 valence electrons. The Morgan fingerprint density at radius 3 is 2.17 bits per heavy atom. The molecule has 0 heterocycles. The highest BCUT2D eigenvalue weighted by Crippen LogP contribution is 2.34. The molecule has 1 fully saturated rings. The first-order chi connectivity index (χ1) is 14.0. The van der Waals surface area contributed by atoms with Gasteiger partial charge >= 0.3 is 6.18 Å². The van der Waals surface area contributed by atoms with Crippen LogP contribution >= 0.6 is 0 Å². The summed E-state index contributed by atoms with van der Waals surface area (Å²) in [7, 11) is -4.37. The zero-order valence-corrected chi connectivity index (χ0v) is 16.6. The SMILES string of the molecule is O=S(=O)(NC1(F)CCC(NCC(F)(F)F)CC1F)c1ccc(-c2ccccc2)cc1. The van der Waals surface area contributed by atoms with Crippen molar-refractivity contribution in [1.29, 1.82) is 0 Å². The van der Waals surface area contributed by atoms with E-state index in [1.165, 1.54) is 12.1 Å². The van der Waals surface area contributed by atoms with Gasteiger partial charge in [0, 0.05) is 12.5 Å². The number of sulfonamides is 1. The quantitative estimate of drug-likeness (QED) is 0.511. The normalized spacial score (nSPS) is 25.2. The highest BCUT2D eigenvalue weighted by atomic mass is 32.2. The molecule has 0 radical (unpaired) electrons. The molecule has 3 rings (SSSR count). The van der Waals surface area contributed by atoms with Crippen molar-refractivity contribution >= 4 is 10.0 Å². The number of hydrogen-bond acceptors (Lipinski definition) is 3. The minimum atomic E-state index is -4.47. The van der Waals surface area contributed by atoms with Gasteiger partial charge < -0.3 is 5.32 Å². The zero-order valence-electron chi connectivity index (χ0n) is 15.8. The van der Waals surface area contributed by atoms with E-state index in [9.17, 15) is 26.0 Å². The molecule has 3 unspecified atom stereocenters. The molecular formula is C20H21F5N2O2S. The first-order valence-electron chi connectivity index (χ1n) is 9.31. The van der Waals surface area contributed by atoms with Crippen molar-refractivity contribution in [2.24, 2.45) is 0 Å². The molecule has 30 heavy (non-hydrogen) atoms. The summed E-state index contributed by atoms with van der Waals surface area (Å²) in [5.74, 6) is -2.88. The molecule has 2 N–H and O–H groups in total. The van der Waals surface area contributed by atoms with E-state index >= 15 is 4.39 Å². The van der Waals surface area contributed by atoms with Crippen LogP contribution < -0.4 is 10.0 Å². The van der Waals surface area contributed by atoms with Crippen molar-refractivity contribution in [3.63, 3.8) is 0 Å². The van der Waals surface area contributed by atoms with E-state index in [1.54, 1.807) is 16.9 Å². The van der Waals surface area contributed by atoms with E-state index in [4.69, 9.17) is 0 Å². The van der Waals surface area contributed by atoms with E-state index in [0.717, 1.165) is 11.1 Å². The molecule has 1 aliphatic rings. The lowest BCUT2D eigenvalue weighted by Crippen LogP contribution is -2.57. The van der Waals surface area contributed by atoms with Gasteiger partial charge in [-0.2, -0.15) is 17.9 Å². The Labute approximate surface area is 171 Å². The smallest absolute Gasteiger partial charge is 0.306 e. The second kappa shape index (κ2) is 8.60. The van der Waals surface area contributed by atoms with Crippen LogP contribution in [0.15, 0.2) is 59.5 Å². The molecule has 0 bridgehead atoms. The molecule has 2 aromatic carbocycles. The Balaban J connectivity index is 1.67. The summed E-state index contributed by atoms with van der Waals surface area (Å²) in [6, 6.07) is 14.0. The fourth-order valence-electron chi connectivity index (χ4n) is 3.40. The number of halogens is 5. The number of alkyl halides is 5. The summed E-state index contributed by atoms with van der Waals surface area (Å²) in [5, 5.41) is 2.14. The lowest BCUT2D eigenvalue weighted by Gasteiger charge is -2.37. The van der Waals surface area contributed by atoms with Gasteiger partial charge in [0.25, 0.3) is 0 Å². The van der Waals surface area contributed by atoms with Crippen LogP contribution in [0.25, 0.3) is 11.1 Å². The van der Waals surface area contributed by atoms with Crippen LogP contribution in [0.4, 0.5) is 22.0 Å². The topological polar surface area (TPSA) is 58.2 Å². The van der Waals surface area contributed by atoms with Crippen molar-refractivity contribution in [3.05, 3.63) is 54.6 Å². The summed E-state index contributed by atoms with van der Waals surface area (Å²) in [5.41, 5.74) is 1.62. The van der Waals surface area contributed by atoms with Gasteiger partial charge in [0.2, 0.25) is 15.8 Å². The van der Waals surface area contributed by atoms with Crippen LogP contribution in [-0.4, -0.2) is 39.1 Å². The first-order valence-corrected chi connectivity index (χ1v) is 10.8. The number of rotatable bonds is 6. The summed E-state index contributed by atoms with van der Waals surface area (Å²) >= 11 is 0. The average molecular weight is 448 g/mol. The number of nitrogens with one attached hydrogen (secondary N) is 2. The van der Waals surface area contributed by atoms with E-state index < -0.39 is 53.6 Å². The Morgan fingerprint density at radius 1 is 1.00 bits per heavy atom. The van der Waals surface area contributed by atoms with Crippen LogP contribution in [-0.2, 0) is 10.0 Å². The van der Waals surface area contributed by atoms with Crippen molar-refractivity contribution in [1.82, 2.24) is 10.0 Å². The summed E-state index contributed by atoms with van der Waals surface area (Å²) in [4.78, 5) is -0.233. The van der Waals surface area contributed by atoms with Gasteiger partial charge in [-0.25, -0.2) is 17.2 Å². The molecule has 0 amide bonds. The summed E-state index contributed by atoms with van der Waals surface area (Å²) in [6.07, 6.45) is -8.03. The largest absolute Gasteiger partial charge is 0.401 e. The van der Waals surface area contributed by atoms with Gasteiger partial charge in [-0.05, 0) is 36.1 Å². The van der Waals surface area contributed by atoms with Crippen molar-refractivity contribution < 1.29 is 30.4 Å². The lowest BCUT2D eigenvalue weighted by atomic mass is 9.88. The molecule has 0 saturated heterocycles. The molecule has 0 spiro atoms. The van der Waals surface area contributed by atoms with Crippen LogP contribution in [0.3, 0.4) is 0 Å². The first kappa shape index (κ1) is 22.6. The maximum Gasteiger partial charge on any atom is 0.401 e. The van der Waals surface area contributed by atoms with E-state index in [0.29, 0.717) is 0 Å². The highest BCUT2D eigenvalue weighted by molar-refractivity contribution is 7.89. The predicted octanol–water partition coefficient (Wildman–Crippen LogP) is 4.34. The van der Waals surface area contributed by atoms with Crippen molar-refractivity contribution in [2.75, 3.05) is 6.54 Å². The molecular weight excluding hydrogens is 427 g/mol.